The lowest BCUT2D eigenvalue weighted by atomic mass is 9.95. The van der Waals surface area contributed by atoms with E-state index in [4.69, 9.17) is 9.47 Å². The van der Waals surface area contributed by atoms with E-state index in [1.54, 1.807) is 13.2 Å². The minimum absolute atomic E-state index is 0.324. The number of cyclic esters (lactones) is 1. The van der Waals surface area contributed by atoms with Crippen LogP contribution in [0.25, 0.3) is 0 Å². The summed E-state index contributed by atoms with van der Waals surface area (Å²) < 4.78 is 11.1. The minimum Gasteiger partial charge on any atom is -0.425 e. The summed E-state index contributed by atoms with van der Waals surface area (Å²) in [6.45, 7) is 2.04. The first-order valence-corrected chi connectivity index (χ1v) is 6.58. The summed E-state index contributed by atoms with van der Waals surface area (Å²) in [4.78, 5) is 12.0. The topological polar surface area (TPSA) is 35.5 Å². The largest absolute Gasteiger partial charge is 0.425 e. The molecule has 1 unspecified atom stereocenters. The zero-order chi connectivity index (χ0) is 14.2. The smallest absolute Gasteiger partial charge is 0.341 e. The summed E-state index contributed by atoms with van der Waals surface area (Å²) in [5.74, 6) is -1.34. The van der Waals surface area contributed by atoms with Crippen molar-refractivity contribution in [2.24, 2.45) is 0 Å². The fraction of sp³-hybridized carbons (Fsp3) is 0.235. The molecule has 3 rings (SSSR count). The van der Waals surface area contributed by atoms with Crippen molar-refractivity contribution in [1.29, 1.82) is 0 Å². The van der Waals surface area contributed by atoms with Gasteiger partial charge in [0.15, 0.2) is 0 Å². The zero-order valence-electron chi connectivity index (χ0n) is 11.6. The van der Waals surface area contributed by atoms with Gasteiger partial charge in [-0.25, -0.2) is 4.79 Å². The number of aryl methyl sites for hydroxylation is 1. The van der Waals surface area contributed by atoms with Gasteiger partial charge in [0, 0.05) is 19.1 Å². The quantitative estimate of drug-likeness (QED) is 0.802. The Kier molecular flexibility index (Phi) is 3.07. The molecule has 102 valence electrons. The molecular formula is C17H16O3. The number of rotatable bonds is 3. The van der Waals surface area contributed by atoms with Crippen molar-refractivity contribution in [3.8, 4) is 0 Å². The Morgan fingerprint density at radius 2 is 1.95 bits per heavy atom. The summed E-state index contributed by atoms with van der Waals surface area (Å²) in [5.41, 5.74) is 3.64. The van der Waals surface area contributed by atoms with E-state index in [0.29, 0.717) is 12.0 Å². The van der Waals surface area contributed by atoms with Crippen LogP contribution >= 0.6 is 0 Å². The molecule has 0 spiro atoms. The first-order chi connectivity index (χ1) is 9.64. The molecule has 0 bridgehead atoms. The molecule has 0 amide bonds. The molecule has 0 N–H and O–H groups in total. The molecule has 1 heterocycles. The number of carbonyl (C=O) groups excluding carboxylic acids is 1. The van der Waals surface area contributed by atoms with E-state index in [9.17, 15) is 4.79 Å². The number of methoxy groups -OCH3 is 1. The van der Waals surface area contributed by atoms with E-state index >= 15 is 0 Å². The fourth-order valence-corrected chi connectivity index (χ4v) is 2.70. The molecule has 2 aromatic carbocycles. The molecule has 0 radical (unpaired) electrons. The Morgan fingerprint density at radius 1 is 1.15 bits per heavy atom. The molecular weight excluding hydrogens is 252 g/mol. The van der Waals surface area contributed by atoms with Crippen molar-refractivity contribution < 1.29 is 14.3 Å². The Balaban J connectivity index is 2.03. The number of ether oxygens (including phenoxy) is 2. The third-order valence-electron chi connectivity index (χ3n) is 3.66. The van der Waals surface area contributed by atoms with E-state index in [1.807, 2.05) is 43.3 Å². The van der Waals surface area contributed by atoms with Gasteiger partial charge in [-0.3, -0.25) is 0 Å². The lowest BCUT2D eigenvalue weighted by molar-refractivity contribution is -0.185. The maximum absolute atomic E-state index is 12.0. The van der Waals surface area contributed by atoms with Gasteiger partial charge in [-0.2, -0.15) is 0 Å². The Morgan fingerprint density at radius 3 is 2.70 bits per heavy atom. The molecule has 3 nitrogen and oxygen atoms in total. The van der Waals surface area contributed by atoms with Crippen molar-refractivity contribution in [3.63, 3.8) is 0 Å². The van der Waals surface area contributed by atoms with Crippen LogP contribution in [0.15, 0.2) is 48.5 Å². The number of hydrogen-bond acceptors (Lipinski definition) is 3. The predicted octanol–water partition coefficient (Wildman–Crippen LogP) is 3.21. The summed E-state index contributed by atoms with van der Waals surface area (Å²) in [6.07, 6.45) is 0.508. The van der Waals surface area contributed by atoms with Crippen molar-refractivity contribution in [1.82, 2.24) is 0 Å². The van der Waals surface area contributed by atoms with E-state index in [-0.39, 0.29) is 5.97 Å². The van der Waals surface area contributed by atoms with Crippen LogP contribution in [0.5, 0.6) is 0 Å². The number of carbonyl (C=O) groups is 1. The third kappa shape index (κ3) is 2.00. The van der Waals surface area contributed by atoms with Crippen LogP contribution in [0.3, 0.4) is 0 Å². The van der Waals surface area contributed by atoms with Crippen LogP contribution in [0.4, 0.5) is 0 Å². The van der Waals surface area contributed by atoms with Gasteiger partial charge in [0.25, 0.3) is 0 Å². The molecule has 20 heavy (non-hydrogen) atoms. The highest BCUT2D eigenvalue weighted by Gasteiger charge is 2.45. The summed E-state index contributed by atoms with van der Waals surface area (Å²) >= 11 is 0. The number of esters is 1. The van der Waals surface area contributed by atoms with Gasteiger partial charge < -0.3 is 9.47 Å². The van der Waals surface area contributed by atoms with Gasteiger partial charge >= 0.3 is 5.97 Å². The van der Waals surface area contributed by atoms with Crippen LogP contribution < -0.4 is 0 Å². The normalized spacial score (nSPS) is 20.6. The van der Waals surface area contributed by atoms with Crippen molar-refractivity contribution in [2.45, 2.75) is 19.1 Å². The SMILES string of the molecule is COC1(Cc2cccc(C)c2)OC(=O)c2ccccc21. The van der Waals surface area contributed by atoms with Crippen LogP contribution in [0.2, 0.25) is 0 Å². The maximum Gasteiger partial charge on any atom is 0.341 e. The highest BCUT2D eigenvalue weighted by molar-refractivity contribution is 5.94. The van der Waals surface area contributed by atoms with E-state index < -0.39 is 5.79 Å². The monoisotopic (exact) mass is 268 g/mol. The first kappa shape index (κ1) is 12.9. The van der Waals surface area contributed by atoms with Crippen LogP contribution in [0, 0.1) is 6.92 Å². The van der Waals surface area contributed by atoms with E-state index in [2.05, 4.69) is 6.07 Å². The number of hydrogen-bond donors (Lipinski definition) is 0. The van der Waals surface area contributed by atoms with Gasteiger partial charge in [-0.15, -0.1) is 0 Å². The van der Waals surface area contributed by atoms with Crippen LogP contribution in [-0.2, 0) is 21.7 Å². The fourth-order valence-electron chi connectivity index (χ4n) is 2.70. The minimum atomic E-state index is -1.01. The second-order valence-corrected chi connectivity index (χ2v) is 5.06. The lowest BCUT2D eigenvalue weighted by Gasteiger charge is -2.27. The molecule has 0 saturated heterocycles. The average molecular weight is 268 g/mol. The standard InChI is InChI=1S/C17H16O3/c1-12-6-5-7-13(10-12)11-17(19-2)15-9-4-3-8-14(15)16(18)20-17/h3-10H,11H2,1-2H3. The molecule has 1 aliphatic heterocycles. The van der Waals surface area contributed by atoms with Gasteiger partial charge in [0.1, 0.15) is 0 Å². The number of fused-ring (bicyclic) bond motifs is 1. The molecule has 0 aliphatic carbocycles. The molecule has 0 saturated carbocycles. The predicted molar refractivity (Wildman–Crippen MR) is 75.4 cm³/mol. The van der Waals surface area contributed by atoms with Gasteiger partial charge in [0.05, 0.1) is 5.56 Å². The maximum atomic E-state index is 12.0. The van der Waals surface area contributed by atoms with Crippen molar-refractivity contribution in [2.75, 3.05) is 7.11 Å². The highest BCUT2D eigenvalue weighted by atomic mass is 16.7. The van der Waals surface area contributed by atoms with E-state index in [1.165, 1.54) is 5.56 Å². The first-order valence-electron chi connectivity index (χ1n) is 6.58. The van der Waals surface area contributed by atoms with Gasteiger partial charge in [-0.1, -0.05) is 48.0 Å². The van der Waals surface area contributed by atoms with Gasteiger partial charge in [0.2, 0.25) is 5.79 Å². The third-order valence-corrected chi connectivity index (χ3v) is 3.66. The molecule has 3 heteroatoms. The van der Waals surface area contributed by atoms with Crippen LogP contribution in [0.1, 0.15) is 27.0 Å². The summed E-state index contributed by atoms with van der Waals surface area (Å²) in [6, 6.07) is 15.5. The summed E-state index contributed by atoms with van der Waals surface area (Å²) in [5, 5.41) is 0. The van der Waals surface area contributed by atoms with Crippen molar-refractivity contribution in [3.05, 3.63) is 70.8 Å². The molecule has 0 fully saturated rings. The van der Waals surface area contributed by atoms with Crippen LogP contribution in [-0.4, -0.2) is 13.1 Å². The second kappa shape index (κ2) is 4.76. The molecule has 1 atom stereocenters. The number of benzene rings is 2. The zero-order valence-corrected chi connectivity index (χ0v) is 11.6. The molecule has 2 aromatic rings. The molecule has 1 aliphatic rings. The Bertz CT molecular complexity index is 663. The Labute approximate surface area is 118 Å². The lowest BCUT2D eigenvalue weighted by Crippen LogP contribution is -2.31. The molecule has 0 aromatic heterocycles. The van der Waals surface area contributed by atoms with Gasteiger partial charge in [-0.05, 0) is 18.6 Å². The van der Waals surface area contributed by atoms with Crippen molar-refractivity contribution >= 4 is 5.97 Å². The average Bonchev–Trinajstić information content (AvgIpc) is 2.73. The Hall–Kier alpha value is -2.13. The second-order valence-electron chi connectivity index (χ2n) is 5.06. The highest BCUT2D eigenvalue weighted by Crippen LogP contribution is 2.39. The summed E-state index contributed by atoms with van der Waals surface area (Å²) in [7, 11) is 1.57. The van der Waals surface area contributed by atoms with E-state index in [0.717, 1.165) is 11.1 Å².